The van der Waals surface area contributed by atoms with E-state index in [0.29, 0.717) is 6.54 Å². The highest BCUT2D eigenvalue weighted by molar-refractivity contribution is 6.30. The van der Waals surface area contributed by atoms with Crippen molar-refractivity contribution < 1.29 is 4.79 Å². The lowest BCUT2D eigenvalue weighted by molar-refractivity contribution is -0.130. The number of benzene rings is 2. The largest absolute Gasteiger partial charge is 0.368 e. The fraction of sp³-hybridized carbons (Fsp3) is 0.350. The predicted octanol–water partition coefficient (Wildman–Crippen LogP) is 3.34. The van der Waals surface area contributed by atoms with Gasteiger partial charge in [-0.3, -0.25) is 4.79 Å². The standard InChI is InChI=1S/C20H24ClN3O/c1-16(17-6-5-7-18(21)14-17)22-15-20(25)24-12-10-23(11-13-24)19-8-3-2-4-9-19/h2-9,14,16,22H,10-13,15H2,1H3/t16-/m1/s1. The highest BCUT2D eigenvalue weighted by Gasteiger charge is 2.21. The average Bonchev–Trinajstić information content (AvgIpc) is 2.66. The fourth-order valence-corrected chi connectivity index (χ4v) is 3.30. The number of hydrogen-bond acceptors (Lipinski definition) is 3. The van der Waals surface area contributed by atoms with E-state index in [0.717, 1.165) is 36.8 Å². The first-order chi connectivity index (χ1) is 12.1. The number of rotatable bonds is 5. The molecule has 0 bridgehead atoms. The first-order valence-corrected chi connectivity index (χ1v) is 9.08. The van der Waals surface area contributed by atoms with Crippen LogP contribution in [0.15, 0.2) is 54.6 Å². The zero-order valence-corrected chi connectivity index (χ0v) is 15.2. The molecule has 25 heavy (non-hydrogen) atoms. The summed E-state index contributed by atoms with van der Waals surface area (Å²) >= 11 is 6.03. The minimum absolute atomic E-state index is 0.0910. The van der Waals surface area contributed by atoms with Crippen molar-refractivity contribution in [2.45, 2.75) is 13.0 Å². The van der Waals surface area contributed by atoms with Crippen molar-refractivity contribution >= 4 is 23.2 Å². The van der Waals surface area contributed by atoms with Gasteiger partial charge in [0.1, 0.15) is 0 Å². The van der Waals surface area contributed by atoms with Crippen LogP contribution in [0.25, 0.3) is 0 Å². The van der Waals surface area contributed by atoms with E-state index in [1.165, 1.54) is 5.69 Å². The summed E-state index contributed by atoms with van der Waals surface area (Å²) in [6.07, 6.45) is 0. The van der Waals surface area contributed by atoms with Gasteiger partial charge in [0.15, 0.2) is 0 Å². The molecule has 132 valence electrons. The van der Waals surface area contributed by atoms with Crippen molar-refractivity contribution in [1.29, 1.82) is 0 Å². The van der Waals surface area contributed by atoms with Gasteiger partial charge in [-0.25, -0.2) is 0 Å². The van der Waals surface area contributed by atoms with Crippen molar-refractivity contribution in [3.8, 4) is 0 Å². The minimum atomic E-state index is 0.0910. The molecule has 0 saturated carbocycles. The van der Waals surface area contributed by atoms with E-state index in [2.05, 4.69) is 22.3 Å². The van der Waals surface area contributed by atoms with Crippen molar-refractivity contribution in [1.82, 2.24) is 10.2 Å². The molecule has 5 heteroatoms. The van der Waals surface area contributed by atoms with Crippen LogP contribution in [-0.4, -0.2) is 43.5 Å². The molecular formula is C20H24ClN3O. The second-order valence-corrected chi connectivity index (χ2v) is 6.80. The Kier molecular flexibility index (Phi) is 5.95. The van der Waals surface area contributed by atoms with Crippen molar-refractivity contribution in [3.05, 3.63) is 65.2 Å². The number of amides is 1. The summed E-state index contributed by atoms with van der Waals surface area (Å²) in [5, 5.41) is 4.02. The van der Waals surface area contributed by atoms with Gasteiger partial charge < -0.3 is 15.1 Å². The Labute approximate surface area is 154 Å². The number of para-hydroxylation sites is 1. The molecule has 1 aliphatic heterocycles. The zero-order valence-electron chi connectivity index (χ0n) is 14.5. The summed E-state index contributed by atoms with van der Waals surface area (Å²) in [6.45, 7) is 5.67. The van der Waals surface area contributed by atoms with Crippen LogP contribution < -0.4 is 10.2 Å². The summed E-state index contributed by atoms with van der Waals surface area (Å²) in [5.41, 5.74) is 2.32. The number of piperazine rings is 1. The van der Waals surface area contributed by atoms with Crippen LogP contribution in [0.4, 0.5) is 5.69 Å². The maximum Gasteiger partial charge on any atom is 0.236 e. The molecule has 0 radical (unpaired) electrons. The Bertz CT molecular complexity index is 699. The summed E-state index contributed by atoms with van der Waals surface area (Å²) in [6, 6.07) is 18.2. The molecule has 0 aliphatic carbocycles. The van der Waals surface area contributed by atoms with Gasteiger partial charge in [-0.1, -0.05) is 41.9 Å². The van der Waals surface area contributed by atoms with Gasteiger partial charge in [-0.05, 0) is 36.8 Å². The lowest BCUT2D eigenvalue weighted by atomic mass is 10.1. The number of halogens is 1. The first kappa shape index (κ1) is 17.8. The molecule has 1 atom stereocenters. The van der Waals surface area contributed by atoms with E-state index in [4.69, 9.17) is 11.6 Å². The number of carbonyl (C=O) groups excluding carboxylic acids is 1. The Morgan fingerprint density at radius 1 is 1.08 bits per heavy atom. The van der Waals surface area contributed by atoms with Gasteiger partial charge >= 0.3 is 0 Å². The topological polar surface area (TPSA) is 35.6 Å². The maximum absolute atomic E-state index is 12.5. The molecule has 3 rings (SSSR count). The maximum atomic E-state index is 12.5. The van der Waals surface area contributed by atoms with Crippen LogP contribution in [0.2, 0.25) is 5.02 Å². The van der Waals surface area contributed by atoms with E-state index < -0.39 is 0 Å². The average molecular weight is 358 g/mol. The Balaban J connectivity index is 1.46. The third-order valence-electron chi connectivity index (χ3n) is 4.66. The van der Waals surface area contributed by atoms with Gasteiger partial charge in [0.05, 0.1) is 6.54 Å². The van der Waals surface area contributed by atoms with Crippen LogP contribution in [0, 0.1) is 0 Å². The van der Waals surface area contributed by atoms with Crippen molar-refractivity contribution in [3.63, 3.8) is 0 Å². The SMILES string of the molecule is C[C@@H](NCC(=O)N1CCN(c2ccccc2)CC1)c1cccc(Cl)c1. The molecule has 1 fully saturated rings. The molecule has 1 saturated heterocycles. The number of hydrogen-bond donors (Lipinski definition) is 1. The Hall–Kier alpha value is -2.04. The molecule has 4 nitrogen and oxygen atoms in total. The summed E-state index contributed by atoms with van der Waals surface area (Å²) in [5.74, 6) is 0.154. The Morgan fingerprint density at radius 2 is 1.80 bits per heavy atom. The smallest absolute Gasteiger partial charge is 0.236 e. The predicted molar refractivity (Wildman–Crippen MR) is 103 cm³/mol. The first-order valence-electron chi connectivity index (χ1n) is 8.70. The molecule has 1 amide bonds. The highest BCUT2D eigenvalue weighted by atomic mass is 35.5. The van der Waals surface area contributed by atoms with Crippen molar-refractivity contribution in [2.75, 3.05) is 37.6 Å². The molecule has 0 unspecified atom stereocenters. The third kappa shape index (κ3) is 4.74. The molecule has 1 aliphatic rings. The Morgan fingerprint density at radius 3 is 2.48 bits per heavy atom. The second-order valence-electron chi connectivity index (χ2n) is 6.36. The second kappa shape index (κ2) is 8.37. The fourth-order valence-electron chi connectivity index (χ4n) is 3.10. The molecule has 0 spiro atoms. The van der Waals surface area contributed by atoms with Crippen LogP contribution in [-0.2, 0) is 4.79 Å². The van der Waals surface area contributed by atoms with Gasteiger partial charge in [0, 0.05) is 42.9 Å². The lowest BCUT2D eigenvalue weighted by Crippen LogP contribution is -2.51. The zero-order chi connectivity index (χ0) is 17.6. The minimum Gasteiger partial charge on any atom is -0.368 e. The summed E-state index contributed by atoms with van der Waals surface area (Å²) in [4.78, 5) is 16.7. The molecule has 0 aromatic heterocycles. The van der Waals surface area contributed by atoms with Gasteiger partial charge in [-0.15, -0.1) is 0 Å². The summed E-state index contributed by atoms with van der Waals surface area (Å²) < 4.78 is 0. The monoisotopic (exact) mass is 357 g/mol. The van der Waals surface area contributed by atoms with E-state index in [-0.39, 0.29) is 11.9 Å². The van der Waals surface area contributed by atoms with E-state index in [1.54, 1.807) is 0 Å². The quantitative estimate of drug-likeness (QED) is 0.891. The number of nitrogens with zero attached hydrogens (tertiary/aromatic N) is 2. The van der Waals surface area contributed by atoms with Crippen LogP contribution in [0.5, 0.6) is 0 Å². The molecular weight excluding hydrogens is 334 g/mol. The number of nitrogens with one attached hydrogen (secondary N) is 1. The molecule has 2 aromatic rings. The van der Waals surface area contributed by atoms with Gasteiger partial charge in [0.25, 0.3) is 0 Å². The van der Waals surface area contributed by atoms with Crippen LogP contribution in [0.3, 0.4) is 0 Å². The normalized spacial score (nSPS) is 15.9. The van der Waals surface area contributed by atoms with Gasteiger partial charge in [-0.2, -0.15) is 0 Å². The number of carbonyl (C=O) groups is 1. The van der Waals surface area contributed by atoms with Crippen LogP contribution >= 0.6 is 11.6 Å². The summed E-state index contributed by atoms with van der Waals surface area (Å²) in [7, 11) is 0. The number of anilines is 1. The molecule has 1 N–H and O–H groups in total. The molecule has 2 aromatic carbocycles. The van der Waals surface area contributed by atoms with Gasteiger partial charge in [0.2, 0.25) is 5.91 Å². The van der Waals surface area contributed by atoms with E-state index in [9.17, 15) is 4.79 Å². The lowest BCUT2D eigenvalue weighted by Gasteiger charge is -2.36. The van der Waals surface area contributed by atoms with Crippen molar-refractivity contribution in [2.24, 2.45) is 0 Å². The van der Waals surface area contributed by atoms with Crippen LogP contribution in [0.1, 0.15) is 18.5 Å². The van der Waals surface area contributed by atoms with E-state index in [1.807, 2.05) is 54.3 Å². The van der Waals surface area contributed by atoms with E-state index >= 15 is 0 Å². The molecule has 1 heterocycles. The highest BCUT2D eigenvalue weighted by Crippen LogP contribution is 2.18. The third-order valence-corrected chi connectivity index (χ3v) is 4.90.